The first-order valence-corrected chi connectivity index (χ1v) is 7.35. The van der Waals surface area contributed by atoms with Crippen molar-refractivity contribution in [1.82, 2.24) is 0 Å². The molecule has 0 N–H and O–H groups in total. The lowest BCUT2D eigenvalue weighted by Crippen LogP contribution is -2.42. The lowest BCUT2D eigenvalue weighted by molar-refractivity contribution is 0.666. The summed E-state index contributed by atoms with van der Waals surface area (Å²) in [5.41, 5.74) is 2.55. The molecule has 12 radical (unpaired) electrons. The summed E-state index contributed by atoms with van der Waals surface area (Å²) in [5.74, 6) is 0. The fraction of sp³-hybridized carbons (Fsp3) is 0. The SMILES string of the molecule is [B]c1c([B])c([B])c2c(oc3c(Br)c([B])c([B])c([B])c32)c1Br. The highest BCUT2D eigenvalue weighted by Gasteiger charge is 2.20. The fourth-order valence-corrected chi connectivity index (χ4v) is 3.28. The number of halogens is 2. The Labute approximate surface area is 146 Å². The van der Waals surface area contributed by atoms with Crippen LogP contribution in [0.3, 0.4) is 0 Å². The van der Waals surface area contributed by atoms with E-state index in [2.05, 4.69) is 31.9 Å². The third-order valence-corrected chi connectivity index (χ3v) is 5.05. The largest absolute Gasteiger partial charge is 0.454 e. The summed E-state index contributed by atoms with van der Waals surface area (Å²) in [5, 5.41) is 1.10. The highest BCUT2D eigenvalue weighted by atomic mass is 79.9. The highest BCUT2D eigenvalue weighted by Crippen LogP contribution is 2.32. The van der Waals surface area contributed by atoms with Gasteiger partial charge in [-0.3, -0.25) is 0 Å². The first-order valence-electron chi connectivity index (χ1n) is 5.77. The van der Waals surface area contributed by atoms with Crippen LogP contribution in [-0.4, -0.2) is 47.1 Å². The smallest absolute Gasteiger partial charge is 0.148 e. The maximum Gasteiger partial charge on any atom is 0.148 e. The molecule has 0 aliphatic carbocycles. The van der Waals surface area contributed by atoms with Gasteiger partial charge < -0.3 is 4.42 Å². The third kappa shape index (κ3) is 1.96. The second kappa shape index (κ2) is 5.06. The van der Waals surface area contributed by atoms with Crippen molar-refractivity contribution in [1.29, 1.82) is 0 Å². The van der Waals surface area contributed by atoms with Crippen LogP contribution in [0.5, 0.6) is 0 Å². The molecular weight excluding hydrogens is 385 g/mol. The standard InChI is InChI=1S/C12B6Br2O/c13-3-1-2-4(14)6(16)8(18)10(20)12(2)21-11(1)9(19)7(17)5(3)15. The van der Waals surface area contributed by atoms with Gasteiger partial charge in [-0.25, -0.2) is 0 Å². The summed E-state index contributed by atoms with van der Waals surface area (Å²) in [6, 6.07) is 0. The van der Waals surface area contributed by atoms with E-state index in [0.29, 0.717) is 41.8 Å². The topological polar surface area (TPSA) is 13.1 Å². The van der Waals surface area contributed by atoms with Gasteiger partial charge in [0.2, 0.25) is 0 Å². The summed E-state index contributed by atoms with van der Waals surface area (Å²) < 4.78 is 6.83. The summed E-state index contributed by atoms with van der Waals surface area (Å²) in [7, 11) is 35.8. The molecule has 0 fully saturated rings. The zero-order valence-corrected chi connectivity index (χ0v) is 13.8. The number of fused-ring (bicyclic) bond motifs is 3. The zero-order chi connectivity index (χ0) is 15.6. The Morgan fingerprint density at radius 3 is 1.19 bits per heavy atom. The number of hydrogen-bond donors (Lipinski definition) is 0. The van der Waals surface area contributed by atoms with Gasteiger partial charge in [-0.15, -0.1) is 10.9 Å². The summed E-state index contributed by atoms with van der Waals surface area (Å²) >= 11 is 6.71. The predicted octanol–water partition coefficient (Wildman–Crippen LogP) is -2.13. The van der Waals surface area contributed by atoms with Crippen LogP contribution in [0.2, 0.25) is 0 Å². The van der Waals surface area contributed by atoms with Gasteiger partial charge in [-0.05, 0) is 31.9 Å². The average Bonchev–Trinajstić information content (AvgIpc) is 2.87. The molecule has 21 heavy (non-hydrogen) atoms. The maximum atomic E-state index is 6.08. The lowest BCUT2D eigenvalue weighted by atomic mass is 9.68. The van der Waals surface area contributed by atoms with Crippen LogP contribution in [0.1, 0.15) is 0 Å². The van der Waals surface area contributed by atoms with Crippen LogP contribution in [0.25, 0.3) is 21.9 Å². The molecule has 0 saturated heterocycles. The molecule has 0 aliphatic rings. The second-order valence-corrected chi connectivity index (χ2v) is 6.21. The van der Waals surface area contributed by atoms with Crippen LogP contribution < -0.4 is 32.8 Å². The van der Waals surface area contributed by atoms with Gasteiger partial charge in [0, 0.05) is 10.8 Å². The highest BCUT2D eigenvalue weighted by molar-refractivity contribution is 9.11. The third-order valence-electron chi connectivity index (χ3n) is 3.48. The normalized spacial score (nSPS) is 11.5. The summed E-state index contributed by atoms with van der Waals surface area (Å²) in [6.45, 7) is 0. The molecule has 0 spiro atoms. The lowest BCUT2D eigenvalue weighted by Gasteiger charge is -2.13. The maximum absolute atomic E-state index is 6.08. The summed E-state index contributed by atoms with van der Waals surface area (Å²) in [6.07, 6.45) is 0. The molecule has 3 aromatic rings. The predicted molar refractivity (Wildman–Crippen MR) is 101 cm³/mol. The second-order valence-electron chi connectivity index (χ2n) is 4.62. The van der Waals surface area contributed by atoms with E-state index >= 15 is 0 Å². The quantitative estimate of drug-likeness (QED) is 0.404. The van der Waals surface area contributed by atoms with Crippen molar-refractivity contribution in [3.05, 3.63) is 8.95 Å². The van der Waals surface area contributed by atoms with E-state index in [9.17, 15) is 0 Å². The van der Waals surface area contributed by atoms with Gasteiger partial charge in [0.15, 0.2) is 0 Å². The molecular formula is C12B6Br2O. The van der Waals surface area contributed by atoms with Crippen LogP contribution in [-0.2, 0) is 0 Å². The minimum atomic E-state index is 0.253. The molecule has 0 unspecified atom stereocenters. The Kier molecular flexibility index (Phi) is 3.73. The molecule has 2 aromatic carbocycles. The number of benzene rings is 2. The van der Waals surface area contributed by atoms with Crippen LogP contribution in [0.15, 0.2) is 13.4 Å². The van der Waals surface area contributed by atoms with Crippen LogP contribution in [0.4, 0.5) is 0 Å². The molecule has 9 heteroatoms. The minimum Gasteiger partial charge on any atom is -0.454 e. The van der Waals surface area contributed by atoms with Crippen molar-refractivity contribution in [2.75, 3.05) is 0 Å². The molecule has 1 nitrogen and oxygen atoms in total. The first-order chi connectivity index (χ1) is 9.77. The molecule has 0 atom stereocenters. The zero-order valence-electron chi connectivity index (χ0n) is 10.6. The average molecular weight is 385 g/mol. The van der Waals surface area contributed by atoms with E-state index in [1.165, 1.54) is 0 Å². The van der Waals surface area contributed by atoms with E-state index in [0.717, 1.165) is 0 Å². The van der Waals surface area contributed by atoms with E-state index in [1.54, 1.807) is 0 Å². The Hall–Kier alpha value is -0.410. The number of rotatable bonds is 0. The molecule has 0 bridgehead atoms. The van der Waals surface area contributed by atoms with E-state index in [4.69, 9.17) is 51.5 Å². The molecule has 0 amide bonds. The van der Waals surface area contributed by atoms with Gasteiger partial charge in [0.25, 0.3) is 0 Å². The summed E-state index contributed by atoms with van der Waals surface area (Å²) in [4.78, 5) is 0. The van der Waals surface area contributed by atoms with Crippen LogP contribution in [0, 0.1) is 0 Å². The molecule has 0 aliphatic heterocycles. The Balaban J connectivity index is 2.73. The van der Waals surface area contributed by atoms with E-state index < -0.39 is 0 Å². The Bertz CT molecular complexity index is 859. The van der Waals surface area contributed by atoms with Gasteiger partial charge in [0.05, 0.1) is 8.95 Å². The van der Waals surface area contributed by atoms with Gasteiger partial charge >= 0.3 is 0 Å². The van der Waals surface area contributed by atoms with Crippen molar-refractivity contribution >= 4 is 134 Å². The molecule has 0 saturated carbocycles. The van der Waals surface area contributed by atoms with Crippen molar-refractivity contribution in [3.8, 4) is 0 Å². The molecule has 1 aromatic heterocycles. The molecule has 1 heterocycles. The van der Waals surface area contributed by atoms with Crippen molar-refractivity contribution in [2.45, 2.75) is 0 Å². The Morgan fingerprint density at radius 2 is 0.857 bits per heavy atom. The van der Waals surface area contributed by atoms with Crippen LogP contribution >= 0.6 is 31.9 Å². The van der Waals surface area contributed by atoms with Crippen molar-refractivity contribution in [3.63, 3.8) is 0 Å². The minimum absolute atomic E-state index is 0.253. The van der Waals surface area contributed by atoms with Gasteiger partial charge in [-0.1, -0.05) is 21.9 Å². The number of furan rings is 1. The van der Waals surface area contributed by atoms with Crippen molar-refractivity contribution < 1.29 is 4.42 Å². The number of hydrogen-bond acceptors (Lipinski definition) is 1. The fourth-order valence-electron chi connectivity index (χ4n) is 2.29. The molecule has 3 rings (SSSR count). The van der Waals surface area contributed by atoms with Gasteiger partial charge in [0.1, 0.15) is 58.2 Å². The van der Waals surface area contributed by atoms with E-state index in [1.807, 2.05) is 0 Å². The monoisotopic (exact) mass is 384 g/mol. The first kappa shape index (κ1) is 15.5. The van der Waals surface area contributed by atoms with E-state index in [-0.39, 0.29) is 21.9 Å². The Morgan fingerprint density at radius 1 is 0.524 bits per heavy atom. The van der Waals surface area contributed by atoms with Gasteiger partial charge in [-0.2, -0.15) is 0 Å². The molecule has 86 valence electrons. The van der Waals surface area contributed by atoms with Crippen molar-refractivity contribution in [2.24, 2.45) is 0 Å².